The molecule has 0 bridgehead atoms. The smallest absolute Gasteiger partial charge is 0.328 e. The molecule has 1 amide bonds. The molecule has 176 valence electrons. The lowest BCUT2D eigenvalue weighted by atomic mass is 9.81. The van der Waals surface area contributed by atoms with Gasteiger partial charge in [-0.1, -0.05) is 11.3 Å². The second kappa shape index (κ2) is 9.38. The van der Waals surface area contributed by atoms with Crippen LogP contribution in [0.1, 0.15) is 25.7 Å². The number of imidazole rings is 1. The Kier molecular flexibility index (Phi) is 6.14. The Balaban J connectivity index is 1.21. The van der Waals surface area contributed by atoms with Crippen molar-refractivity contribution in [1.82, 2.24) is 24.3 Å². The van der Waals surface area contributed by atoms with Crippen molar-refractivity contribution in [1.29, 1.82) is 0 Å². The van der Waals surface area contributed by atoms with E-state index in [4.69, 9.17) is 4.74 Å². The van der Waals surface area contributed by atoms with Crippen molar-refractivity contribution >= 4 is 33.4 Å². The number of pyridine rings is 1. The van der Waals surface area contributed by atoms with Gasteiger partial charge in [0.1, 0.15) is 10.8 Å². The Bertz CT molecular complexity index is 1370. The molecule has 5 rings (SSSR count). The summed E-state index contributed by atoms with van der Waals surface area (Å²) in [5.74, 6) is 1.01. The summed E-state index contributed by atoms with van der Waals surface area (Å²) in [6.07, 6.45) is 6.77. The number of methoxy groups -OCH3 is 1. The minimum absolute atomic E-state index is 0.0112. The molecule has 1 saturated carbocycles. The predicted octanol–water partition coefficient (Wildman–Crippen LogP) is 3.71. The van der Waals surface area contributed by atoms with Crippen LogP contribution >= 0.6 is 11.3 Å². The highest BCUT2D eigenvalue weighted by Crippen LogP contribution is 2.32. The number of aryl methyl sites for hydroxylation is 1. The van der Waals surface area contributed by atoms with Gasteiger partial charge in [0.25, 0.3) is 0 Å². The van der Waals surface area contributed by atoms with Crippen LogP contribution in [0.2, 0.25) is 0 Å². The quantitative estimate of drug-likeness (QED) is 0.453. The largest absolute Gasteiger partial charge is 0.497 e. The molecule has 0 spiro atoms. The number of ether oxygens (including phenoxy) is 1. The Hall–Kier alpha value is -3.53. The molecule has 9 nitrogen and oxygen atoms in total. The molecule has 1 aliphatic rings. The van der Waals surface area contributed by atoms with E-state index in [9.17, 15) is 9.59 Å². The summed E-state index contributed by atoms with van der Waals surface area (Å²) >= 11 is 1.36. The van der Waals surface area contributed by atoms with E-state index in [0.717, 1.165) is 53.0 Å². The van der Waals surface area contributed by atoms with E-state index in [1.54, 1.807) is 31.1 Å². The molecule has 1 N–H and O–H groups in total. The molecule has 0 unspecified atom stereocenters. The highest BCUT2D eigenvalue weighted by molar-refractivity contribution is 7.18. The van der Waals surface area contributed by atoms with Crippen molar-refractivity contribution in [3.8, 4) is 16.3 Å². The zero-order valence-electron chi connectivity index (χ0n) is 19.1. The van der Waals surface area contributed by atoms with Crippen LogP contribution in [-0.4, -0.2) is 37.3 Å². The Morgan fingerprint density at radius 2 is 1.88 bits per heavy atom. The van der Waals surface area contributed by atoms with Crippen LogP contribution < -0.4 is 15.7 Å². The molecule has 1 fully saturated rings. The number of carbonyl (C=O) groups excluding carboxylic acids is 1. The highest BCUT2D eigenvalue weighted by atomic mass is 32.1. The lowest BCUT2D eigenvalue weighted by Gasteiger charge is -2.27. The number of nitrogens with one attached hydrogen (secondary N) is 1. The number of aromatic nitrogens is 5. The van der Waals surface area contributed by atoms with Gasteiger partial charge in [0.15, 0.2) is 0 Å². The maximum absolute atomic E-state index is 12.8. The minimum Gasteiger partial charge on any atom is -0.497 e. The molecular weight excluding hydrogens is 452 g/mol. The van der Waals surface area contributed by atoms with Gasteiger partial charge in [-0.3, -0.25) is 18.9 Å². The highest BCUT2D eigenvalue weighted by Gasteiger charge is 2.28. The first-order valence-corrected chi connectivity index (χ1v) is 12.1. The van der Waals surface area contributed by atoms with Crippen molar-refractivity contribution in [2.45, 2.75) is 32.2 Å². The average molecular weight is 479 g/mol. The van der Waals surface area contributed by atoms with E-state index >= 15 is 0 Å². The van der Waals surface area contributed by atoms with Gasteiger partial charge in [-0.25, -0.2) is 4.79 Å². The van der Waals surface area contributed by atoms with Gasteiger partial charge >= 0.3 is 5.69 Å². The van der Waals surface area contributed by atoms with Crippen LogP contribution in [0.3, 0.4) is 0 Å². The third-order valence-corrected chi connectivity index (χ3v) is 7.48. The molecule has 3 aromatic heterocycles. The molecule has 0 radical (unpaired) electrons. The van der Waals surface area contributed by atoms with Crippen molar-refractivity contribution in [2.75, 3.05) is 12.4 Å². The average Bonchev–Trinajstić information content (AvgIpc) is 3.43. The minimum atomic E-state index is -0.0612. The van der Waals surface area contributed by atoms with Crippen LogP contribution in [0.5, 0.6) is 5.75 Å². The molecule has 3 heterocycles. The summed E-state index contributed by atoms with van der Waals surface area (Å²) in [5.41, 5.74) is 2.68. The maximum atomic E-state index is 12.8. The SMILES string of the molecule is COc1ccc2c(c1)n(CC1CCC(C(=O)Nc3nnc(-c4ccncc4)s3)CC1)c(=O)n2C. The fourth-order valence-corrected chi connectivity index (χ4v) is 5.40. The fourth-order valence-electron chi connectivity index (χ4n) is 4.65. The molecule has 34 heavy (non-hydrogen) atoms. The number of fused-ring (bicyclic) bond motifs is 1. The Morgan fingerprint density at radius 1 is 1.12 bits per heavy atom. The van der Waals surface area contributed by atoms with E-state index in [0.29, 0.717) is 17.6 Å². The number of nitrogens with zero attached hydrogens (tertiary/aromatic N) is 5. The molecule has 4 aromatic rings. The van der Waals surface area contributed by atoms with Gasteiger partial charge < -0.3 is 10.1 Å². The Morgan fingerprint density at radius 3 is 2.62 bits per heavy atom. The molecule has 1 aromatic carbocycles. The van der Waals surface area contributed by atoms with Crippen LogP contribution in [0, 0.1) is 11.8 Å². The summed E-state index contributed by atoms with van der Waals surface area (Å²) in [6.45, 7) is 0.642. The summed E-state index contributed by atoms with van der Waals surface area (Å²) in [5, 5.41) is 12.5. The van der Waals surface area contributed by atoms with Gasteiger partial charge in [0.05, 0.1) is 18.1 Å². The zero-order valence-corrected chi connectivity index (χ0v) is 19.9. The van der Waals surface area contributed by atoms with Gasteiger partial charge in [-0.15, -0.1) is 10.2 Å². The van der Waals surface area contributed by atoms with Crippen molar-refractivity contribution in [3.05, 3.63) is 53.2 Å². The monoisotopic (exact) mass is 478 g/mol. The van der Waals surface area contributed by atoms with Crippen LogP contribution in [0.15, 0.2) is 47.5 Å². The van der Waals surface area contributed by atoms with Crippen LogP contribution in [0.4, 0.5) is 5.13 Å². The number of hydrogen-bond donors (Lipinski definition) is 1. The van der Waals surface area contributed by atoms with E-state index in [-0.39, 0.29) is 17.5 Å². The standard InChI is InChI=1S/C24H26N6O3S/c1-29-19-8-7-18(33-2)13-20(19)30(24(29)32)14-15-3-5-16(6-4-15)21(31)26-23-28-27-22(34-23)17-9-11-25-12-10-17/h7-13,15-16H,3-6,14H2,1-2H3,(H,26,28,31). The summed E-state index contributed by atoms with van der Waals surface area (Å²) in [6, 6.07) is 9.43. The second-order valence-corrected chi connectivity index (χ2v) is 9.64. The lowest BCUT2D eigenvalue weighted by molar-refractivity contribution is -0.121. The third-order valence-electron chi connectivity index (χ3n) is 6.59. The van der Waals surface area contributed by atoms with Gasteiger partial charge in [-0.2, -0.15) is 0 Å². The van der Waals surface area contributed by atoms with Crippen molar-refractivity contribution in [2.24, 2.45) is 18.9 Å². The van der Waals surface area contributed by atoms with Crippen LogP contribution in [-0.2, 0) is 18.4 Å². The first-order chi connectivity index (χ1) is 16.5. The number of rotatable bonds is 6. The summed E-state index contributed by atoms with van der Waals surface area (Å²) < 4.78 is 8.87. The second-order valence-electron chi connectivity index (χ2n) is 8.66. The number of amides is 1. The Labute approximate surface area is 200 Å². The zero-order chi connectivity index (χ0) is 23.7. The maximum Gasteiger partial charge on any atom is 0.328 e. The van der Waals surface area contributed by atoms with Crippen molar-refractivity contribution in [3.63, 3.8) is 0 Å². The summed E-state index contributed by atoms with van der Waals surface area (Å²) in [4.78, 5) is 29.7. The first-order valence-electron chi connectivity index (χ1n) is 11.3. The van der Waals surface area contributed by atoms with E-state index < -0.39 is 0 Å². The molecule has 0 saturated heterocycles. The normalized spacial score (nSPS) is 18.2. The molecular formula is C24H26N6O3S. The molecule has 10 heteroatoms. The third kappa shape index (κ3) is 4.33. The predicted molar refractivity (Wildman–Crippen MR) is 131 cm³/mol. The van der Waals surface area contributed by atoms with Crippen molar-refractivity contribution < 1.29 is 9.53 Å². The molecule has 0 aliphatic heterocycles. The van der Waals surface area contributed by atoms with Gasteiger partial charge in [0, 0.05) is 43.5 Å². The van der Waals surface area contributed by atoms with E-state index in [1.807, 2.05) is 34.9 Å². The number of anilines is 1. The van der Waals surface area contributed by atoms with Crippen LogP contribution in [0.25, 0.3) is 21.6 Å². The number of carbonyl (C=O) groups is 1. The molecule has 0 atom stereocenters. The van der Waals surface area contributed by atoms with E-state index in [2.05, 4.69) is 20.5 Å². The number of hydrogen-bond acceptors (Lipinski definition) is 7. The first kappa shape index (κ1) is 22.3. The lowest BCUT2D eigenvalue weighted by Crippen LogP contribution is -2.30. The number of benzene rings is 1. The fraction of sp³-hybridized carbons (Fsp3) is 0.375. The topological polar surface area (TPSA) is 104 Å². The van der Waals surface area contributed by atoms with Gasteiger partial charge in [0.2, 0.25) is 11.0 Å². The molecule has 1 aliphatic carbocycles. The van der Waals surface area contributed by atoms with E-state index in [1.165, 1.54) is 11.3 Å². The summed E-state index contributed by atoms with van der Waals surface area (Å²) in [7, 11) is 3.42. The van der Waals surface area contributed by atoms with Gasteiger partial charge in [-0.05, 0) is 55.9 Å².